The maximum Gasteiger partial charge on any atom is 0.335 e. The lowest BCUT2D eigenvalue weighted by Crippen LogP contribution is -2.03. The topological polar surface area (TPSA) is 68.7 Å². The van der Waals surface area contributed by atoms with Gasteiger partial charge in [0.25, 0.3) is 0 Å². The predicted molar refractivity (Wildman–Crippen MR) is 94.0 cm³/mol. The average molecular weight is 335 g/mol. The molecule has 3 rings (SSSR count). The van der Waals surface area contributed by atoms with Gasteiger partial charge in [-0.15, -0.1) is 0 Å². The third-order valence-corrected chi connectivity index (χ3v) is 3.64. The second-order valence-corrected chi connectivity index (χ2v) is 5.39. The quantitative estimate of drug-likeness (QED) is 0.736. The van der Waals surface area contributed by atoms with Gasteiger partial charge in [-0.2, -0.15) is 0 Å². The molecule has 0 amide bonds. The fourth-order valence-electron chi connectivity index (χ4n) is 2.36. The predicted octanol–water partition coefficient (Wildman–Crippen LogP) is 4.03. The summed E-state index contributed by atoms with van der Waals surface area (Å²) in [6.07, 6.45) is 0. The van der Waals surface area contributed by atoms with Crippen LogP contribution in [0.3, 0.4) is 0 Å². The first kappa shape index (κ1) is 16.5. The lowest BCUT2D eigenvalue weighted by Gasteiger charge is -2.10. The number of pyridine rings is 1. The molecule has 0 aliphatic carbocycles. The molecule has 0 atom stereocenters. The molecule has 1 N–H and O–H groups in total. The third kappa shape index (κ3) is 4.14. The molecule has 2 aromatic carbocycles. The number of aromatic nitrogens is 1. The van der Waals surface area contributed by atoms with Gasteiger partial charge < -0.3 is 14.6 Å². The van der Waals surface area contributed by atoms with E-state index >= 15 is 0 Å². The zero-order valence-electron chi connectivity index (χ0n) is 13.7. The van der Waals surface area contributed by atoms with Crippen LogP contribution in [0.2, 0.25) is 0 Å². The number of ether oxygens (including phenoxy) is 2. The van der Waals surface area contributed by atoms with Crippen molar-refractivity contribution in [2.45, 2.75) is 6.61 Å². The largest absolute Gasteiger partial charge is 0.497 e. The smallest absolute Gasteiger partial charge is 0.335 e. The Hall–Kier alpha value is -3.34. The molecule has 0 aliphatic heterocycles. The lowest BCUT2D eigenvalue weighted by atomic mass is 10.1. The van der Waals surface area contributed by atoms with Gasteiger partial charge in [-0.05, 0) is 23.8 Å². The Morgan fingerprint density at radius 1 is 1.04 bits per heavy atom. The summed E-state index contributed by atoms with van der Waals surface area (Å²) < 4.78 is 10.9. The van der Waals surface area contributed by atoms with Crippen LogP contribution in [0.4, 0.5) is 0 Å². The number of hydrogen-bond acceptors (Lipinski definition) is 4. The van der Waals surface area contributed by atoms with E-state index in [1.165, 1.54) is 12.1 Å². The maximum atomic E-state index is 11.4. The van der Waals surface area contributed by atoms with E-state index in [4.69, 9.17) is 9.47 Å². The van der Waals surface area contributed by atoms with Crippen molar-refractivity contribution in [1.29, 1.82) is 0 Å². The molecule has 0 bridgehead atoms. The van der Waals surface area contributed by atoms with Crippen LogP contribution in [0.1, 0.15) is 15.9 Å². The van der Waals surface area contributed by atoms with Gasteiger partial charge in [-0.1, -0.05) is 42.5 Å². The van der Waals surface area contributed by atoms with Crippen LogP contribution in [-0.2, 0) is 6.61 Å². The molecule has 5 heteroatoms. The number of hydrogen-bond donors (Lipinski definition) is 1. The Balaban J connectivity index is 1.92. The van der Waals surface area contributed by atoms with E-state index in [0.29, 0.717) is 18.1 Å². The minimum Gasteiger partial charge on any atom is -0.497 e. The highest BCUT2D eigenvalue weighted by molar-refractivity contribution is 5.89. The summed E-state index contributed by atoms with van der Waals surface area (Å²) in [6.45, 7) is 0.314. The molecule has 0 saturated carbocycles. The summed E-state index contributed by atoms with van der Waals surface area (Å²) >= 11 is 0. The zero-order chi connectivity index (χ0) is 17.6. The van der Waals surface area contributed by atoms with Crippen molar-refractivity contribution < 1.29 is 19.4 Å². The van der Waals surface area contributed by atoms with Crippen molar-refractivity contribution in [3.63, 3.8) is 0 Å². The first-order valence-electron chi connectivity index (χ1n) is 7.72. The van der Waals surface area contributed by atoms with Gasteiger partial charge in [0.1, 0.15) is 12.4 Å². The Morgan fingerprint density at radius 2 is 1.84 bits per heavy atom. The zero-order valence-corrected chi connectivity index (χ0v) is 13.7. The number of carbonyl (C=O) groups is 1. The van der Waals surface area contributed by atoms with E-state index in [1.807, 2.05) is 48.5 Å². The normalized spacial score (nSPS) is 10.3. The fraction of sp³-hybridized carbons (Fsp3) is 0.100. The SMILES string of the molecule is COc1cccc(-c2cc(C(=O)O)cc(OCc3ccccc3)n2)c1. The van der Waals surface area contributed by atoms with Crippen LogP contribution >= 0.6 is 0 Å². The molecule has 126 valence electrons. The summed E-state index contributed by atoms with van der Waals surface area (Å²) in [5.74, 6) is -0.0931. The van der Waals surface area contributed by atoms with Crippen molar-refractivity contribution in [2.75, 3.05) is 7.11 Å². The minimum atomic E-state index is -1.03. The van der Waals surface area contributed by atoms with Crippen molar-refractivity contribution in [1.82, 2.24) is 4.98 Å². The average Bonchev–Trinajstić information content (AvgIpc) is 2.67. The highest BCUT2D eigenvalue weighted by Crippen LogP contribution is 2.26. The molecular weight excluding hydrogens is 318 g/mol. The molecule has 25 heavy (non-hydrogen) atoms. The number of carboxylic acids is 1. The molecule has 1 aromatic heterocycles. The van der Waals surface area contributed by atoms with Gasteiger partial charge in [-0.25, -0.2) is 9.78 Å². The van der Waals surface area contributed by atoms with E-state index in [2.05, 4.69) is 4.98 Å². The van der Waals surface area contributed by atoms with Crippen LogP contribution in [0, 0.1) is 0 Å². The Kier molecular flexibility index (Phi) is 4.95. The van der Waals surface area contributed by atoms with Gasteiger partial charge in [0.15, 0.2) is 0 Å². The molecule has 0 unspecified atom stereocenters. The molecule has 0 radical (unpaired) electrons. The molecule has 0 fully saturated rings. The summed E-state index contributed by atoms with van der Waals surface area (Å²) in [5, 5.41) is 9.36. The van der Waals surface area contributed by atoms with Crippen molar-refractivity contribution >= 4 is 5.97 Å². The van der Waals surface area contributed by atoms with Crippen LogP contribution in [0.25, 0.3) is 11.3 Å². The summed E-state index contributed by atoms with van der Waals surface area (Å²) in [7, 11) is 1.58. The van der Waals surface area contributed by atoms with Crippen LogP contribution in [0.5, 0.6) is 11.6 Å². The standard InChI is InChI=1S/C20H17NO4/c1-24-17-9-5-8-15(10-17)18-11-16(20(22)23)12-19(21-18)25-13-14-6-3-2-4-7-14/h2-12H,13H2,1H3,(H,22,23). The van der Waals surface area contributed by atoms with Crippen molar-refractivity contribution in [3.05, 3.63) is 77.9 Å². The molecule has 0 aliphatic rings. The second-order valence-electron chi connectivity index (χ2n) is 5.39. The molecule has 5 nitrogen and oxygen atoms in total. The van der Waals surface area contributed by atoms with Gasteiger partial charge in [0.05, 0.1) is 18.4 Å². The number of methoxy groups -OCH3 is 1. The number of benzene rings is 2. The summed E-state index contributed by atoms with van der Waals surface area (Å²) in [4.78, 5) is 15.9. The number of carboxylic acid groups (broad SMARTS) is 1. The summed E-state index contributed by atoms with van der Waals surface area (Å²) in [5.41, 5.74) is 2.37. The van der Waals surface area contributed by atoms with E-state index < -0.39 is 5.97 Å². The van der Waals surface area contributed by atoms with Gasteiger partial charge in [0.2, 0.25) is 5.88 Å². The van der Waals surface area contributed by atoms with Crippen LogP contribution in [-0.4, -0.2) is 23.2 Å². The van der Waals surface area contributed by atoms with E-state index in [9.17, 15) is 9.90 Å². The lowest BCUT2D eigenvalue weighted by molar-refractivity contribution is 0.0696. The Bertz CT molecular complexity index is 878. The maximum absolute atomic E-state index is 11.4. The molecule has 1 heterocycles. The summed E-state index contributed by atoms with van der Waals surface area (Å²) in [6, 6.07) is 19.9. The first-order valence-corrected chi connectivity index (χ1v) is 7.72. The van der Waals surface area contributed by atoms with Gasteiger partial charge >= 0.3 is 5.97 Å². The molecule has 3 aromatic rings. The molecule has 0 spiro atoms. The number of aromatic carboxylic acids is 1. The first-order chi connectivity index (χ1) is 12.2. The Labute approximate surface area is 145 Å². The van der Waals surface area contributed by atoms with E-state index in [0.717, 1.165) is 11.1 Å². The fourth-order valence-corrected chi connectivity index (χ4v) is 2.36. The highest BCUT2D eigenvalue weighted by atomic mass is 16.5. The monoisotopic (exact) mass is 335 g/mol. The number of nitrogens with zero attached hydrogens (tertiary/aromatic N) is 1. The van der Waals surface area contributed by atoms with Crippen molar-refractivity contribution in [3.8, 4) is 22.9 Å². The Morgan fingerprint density at radius 3 is 2.56 bits per heavy atom. The molecular formula is C20H17NO4. The van der Waals surface area contributed by atoms with Crippen molar-refractivity contribution in [2.24, 2.45) is 0 Å². The number of rotatable bonds is 6. The molecule has 0 saturated heterocycles. The highest BCUT2D eigenvalue weighted by Gasteiger charge is 2.11. The van der Waals surface area contributed by atoms with Gasteiger partial charge in [-0.3, -0.25) is 0 Å². The van der Waals surface area contributed by atoms with Gasteiger partial charge in [0, 0.05) is 11.6 Å². The van der Waals surface area contributed by atoms with Crippen LogP contribution < -0.4 is 9.47 Å². The van der Waals surface area contributed by atoms with E-state index in [1.54, 1.807) is 13.2 Å². The minimum absolute atomic E-state index is 0.121. The van der Waals surface area contributed by atoms with E-state index in [-0.39, 0.29) is 11.4 Å². The van der Waals surface area contributed by atoms with Crippen LogP contribution in [0.15, 0.2) is 66.7 Å². The second kappa shape index (κ2) is 7.49. The third-order valence-electron chi connectivity index (χ3n) is 3.64.